The van der Waals surface area contributed by atoms with E-state index in [0.29, 0.717) is 0 Å². The zero-order valence-electron chi connectivity index (χ0n) is 4.96. The van der Waals surface area contributed by atoms with Crippen molar-refractivity contribution in [3.63, 3.8) is 0 Å². The summed E-state index contributed by atoms with van der Waals surface area (Å²) in [5.74, 6) is 0. The number of hydrogen-bond acceptors (Lipinski definition) is 0. The fourth-order valence-corrected chi connectivity index (χ4v) is 1.13. The molecular formula is C6H9N2+. The molecule has 0 N–H and O–H groups in total. The van der Waals surface area contributed by atoms with Crippen LogP contribution in [0.25, 0.3) is 0 Å². The fourth-order valence-electron chi connectivity index (χ4n) is 1.13. The number of hydrogen-bond donors (Lipinski definition) is 0. The Morgan fingerprint density at radius 3 is 2.88 bits per heavy atom. The minimum Gasteiger partial charge on any atom is -0.151 e. The predicted octanol–water partition coefficient (Wildman–Crippen LogP) is 0.0976. The van der Waals surface area contributed by atoms with Crippen LogP contribution in [0.3, 0.4) is 0 Å². The van der Waals surface area contributed by atoms with Gasteiger partial charge in [-0.15, -0.1) is 4.68 Å². The highest BCUT2D eigenvalue weighted by molar-refractivity contribution is 4.93. The first-order valence-corrected chi connectivity index (χ1v) is 2.94. The van der Waals surface area contributed by atoms with E-state index in [1.54, 1.807) is 0 Å². The van der Waals surface area contributed by atoms with Gasteiger partial charge in [-0.3, -0.25) is 0 Å². The molecule has 1 aromatic heterocycles. The maximum absolute atomic E-state index is 2.26. The fraction of sp³-hybridized carbons (Fsp3) is 0.500. The van der Waals surface area contributed by atoms with Crippen LogP contribution in [0.15, 0.2) is 12.3 Å². The van der Waals surface area contributed by atoms with Crippen LogP contribution in [0.2, 0.25) is 0 Å². The monoisotopic (exact) mass is 109 g/mol. The number of fused-ring (bicyclic) bond motifs is 1. The van der Waals surface area contributed by atoms with E-state index in [0.717, 1.165) is 0 Å². The van der Waals surface area contributed by atoms with Gasteiger partial charge in [-0.25, -0.2) is 0 Å². The third-order valence-corrected chi connectivity index (χ3v) is 1.75. The van der Waals surface area contributed by atoms with Crippen molar-refractivity contribution in [2.75, 3.05) is 0 Å². The first-order chi connectivity index (χ1) is 3.88. The molecule has 0 amide bonds. The largest absolute Gasteiger partial charge is 0.196 e. The van der Waals surface area contributed by atoms with Crippen LogP contribution in [-0.4, -0.2) is 4.68 Å². The summed E-state index contributed by atoms with van der Waals surface area (Å²) < 4.78 is 4.48. The predicted molar refractivity (Wildman–Crippen MR) is 29.4 cm³/mol. The van der Waals surface area contributed by atoms with Gasteiger partial charge in [0.15, 0.2) is 12.7 Å². The zero-order valence-corrected chi connectivity index (χ0v) is 4.96. The van der Waals surface area contributed by atoms with Crippen molar-refractivity contribution in [1.29, 1.82) is 0 Å². The Morgan fingerprint density at radius 2 is 2.62 bits per heavy atom. The topological polar surface area (TPSA) is 8.81 Å². The Bertz CT molecular complexity index is 199. The lowest BCUT2D eigenvalue weighted by molar-refractivity contribution is -0.825. The molecule has 2 heterocycles. The number of rotatable bonds is 0. The zero-order chi connectivity index (χ0) is 5.56. The molecule has 2 rings (SSSR count). The second kappa shape index (κ2) is 1.13. The molecule has 8 heavy (non-hydrogen) atoms. The minimum absolute atomic E-state index is 1.20. The third-order valence-electron chi connectivity index (χ3n) is 1.75. The Hall–Kier alpha value is -0.790. The quantitative estimate of drug-likeness (QED) is 0.418. The van der Waals surface area contributed by atoms with Gasteiger partial charge in [-0.05, 0) is 6.92 Å². The van der Waals surface area contributed by atoms with Gasteiger partial charge in [0.05, 0.1) is 5.69 Å². The van der Waals surface area contributed by atoms with E-state index in [-0.39, 0.29) is 0 Å². The Morgan fingerprint density at radius 1 is 1.75 bits per heavy atom. The van der Waals surface area contributed by atoms with Crippen LogP contribution < -0.4 is 4.68 Å². The molecule has 0 bridgehead atoms. The van der Waals surface area contributed by atoms with Gasteiger partial charge in [0, 0.05) is 6.07 Å². The summed E-state index contributed by atoms with van der Waals surface area (Å²) in [6.45, 7) is 4.54. The smallest absolute Gasteiger partial charge is 0.151 e. The lowest BCUT2D eigenvalue weighted by Gasteiger charge is -2.09. The summed E-state index contributed by atoms with van der Waals surface area (Å²) in [4.78, 5) is 0. The summed E-state index contributed by atoms with van der Waals surface area (Å²) >= 11 is 0. The molecule has 1 aliphatic heterocycles. The van der Waals surface area contributed by atoms with E-state index in [9.17, 15) is 0 Å². The van der Waals surface area contributed by atoms with Crippen LogP contribution >= 0.6 is 0 Å². The van der Waals surface area contributed by atoms with Crippen molar-refractivity contribution in [3.05, 3.63) is 18.0 Å². The van der Waals surface area contributed by atoms with E-state index >= 15 is 0 Å². The van der Waals surface area contributed by atoms with Gasteiger partial charge in [0.2, 0.25) is 0 Å². The summed E-state index contributed by atoms with van der Waals surface area (Å²) in [5.41, 5.74) is 1.37. The highest BCUT2D eigenvalue weighted by Crippen LogP contribution is 1.99. The number of aromatic nitrogens is 2. The highest BCUT2D eigenvalue weighted by Gasteiger charge is 2.21. The first-order valence-electron chi connectivity index (χ1n) is 2.94. The van der Waals surface area contributed by atoms with Crippen molar-refractivity contribution in [3.8, 4) is 0 Å². The van der Waals surface area contributed by atoms with Gasteiger partial charge in [-0.2, -0.15) is 4.68 Å². The average molecular weight is 109 g/mol. The molecule has 42 valence electrons. The first kappa shape index (κ1) is 4.13. The number of aryl methyl sites for hydroxylation is 2. The molecule has 2 nitrogen and oxygen atoms in total. The highest BCUT2D eigenvalue weighted by atomic mass is 15.5. The molecule has 0 spiro atoms. The standard InChI is InChI=1S/C6H9N2/c1-6-2-3-7-4-5-8(6)7/h2-3H,4-5H2,1H3/q+1. The second-order valence-corrected chi connectivity index (χ2v) is 2.24. The molecule has 0 aliphatic carbocycles. The normalized spacial score (nSPS) is 15.1. The van der Waals surface area contributed by atoms with Crippen molar-refractivity contribution in [2.24, 2.45) is 0 Å². The lowest BCUT2D eigenvalue weighted by atomic mass is 10.5. The van der Waals surface area contributed by atoms with Crippen molar-refractivity contribution in [1.82, 2.24) is 4.68 Å². The molecule has 0 saturated carbocycles. The molecule has 0 saturated heterocycles. The molecule has 1 aromatic rings. The minimum atomic E-state index is 1.20. The van der Waals surface area contributed by atoms with Gasteiger partial charge in [-0.1, -0.05) is 0 Å². The lowest BCUT2D eigenvalue weighted by Crippen LogP contribution is -2.54. The Balaban J connectivity index is 2.66. The van der Waals surface area contributed by atoms with Gasteiger partial charge >= 0.3 is 0 Å². The van der Waals surface area contributed by atoms with Gasteiger partial charge < -0.3 is 0 Å². The van der Waals surface area contributed by atoms with Crippen molar-refractivity contribution in [2.45, 2.75) is 20.0 Å². The van der Waals surface area contributed by atoms with Crippen molar-refractivity contribution < 1.29 is 4.68 Å². The van der Waals surface area contributed by atoms with Crippen LogP contribution in [0, 0.1) is 6.92 Å². The molecule has 0 fully saturated rings. The maximum Gasteiger partial charge on any atom is 0.196 e. The molecule has 0 unspecified atom stereocenters. The molecule has 2 heteroatoms. The molecule has 0 aromatic carbocycles. The molecule has 0 radical (unpaired) electrons. The van der Waals surface area contributed by atoms with E-state index in [1.165, 1.54) is 18.8 Å². The third kappa shape index (κ3) is 0.312. The molecule has 0 atom stereocenters. The molecule has 1 aliphatic rings. The summed E-state index contributed by atoms with van der Waals surface area (Å²) in [7, 11) is 0. The van der Waals surface area contributed by atoms with Crippen molar-refractivity contribution >= 4 is 0 Å². The average Bonchev–Trinajstić information content (AvgIpc) is 1.80. The van der Waals surface area contributed by atoms with E-state index in [4.69, 9.17) is 0 Å². The second-order valence-electron chi connectivity index (χ2n) is 2.24. The summed E-state index contributed by atoms with van der Waals surface area (Å²) in [6.07, 6.45) is 2.12. The maximum atomic E-state index is 2.26. The van der Waals surface area contributed by atoms with Crippen LogP contribution in [0.5, 0.6) is 0 Å². The van der Waals surface area contributed by atoms with Gasteiger partial charge in [0.25, 0.3) is 0 Å². The Kier molecular flexibility index (Phi) is 0.583. The van der Waals surface area contributed by atoms with E-state index < -0.39 is 0 Å². The molecular weight excluding hydrogens is 100 g/mol. The van der Waals surface area contributed by atoms with E-state index in [1.807, 2.05) is 0 Å². The summed E-state index contributed by atoms with van der Waals surface area (Å²) in [5, 5.41) is 0. The van der Waals surface area contributed by atoms with Crippen LogP contribution in [0.4, 0.5) is 0 Å². The Labute approximate surface area is 48.3 Å². The van der Waals surface area contributed by atoms with E-state index in [2.05, 4.69) is 28.6 Å². The number of nitrogens with zero attached hydrogens (tertiary/aromatic N) is 2. The van der Waals surface area contributed by atoms with Crippen LogP contribution in [0.1, 0.15) is 5.69 Å². The SMILES string of the molecule is Cc1cc[n+]2n1CC2. The summed E-state index contributed by atoms with van der Waals surface area (Å²) in [6, 6.07) is 2.15. The van der Waals surface area contributed by atoms with Crippen LogP contribution in [-0.2, 0) is 13.1 Å². The van der Waals surface area contributed by atoms with Gasteiger partial charge in [0.1, 0.15) is 6.54 Å².